The van der Waals surface area contributed by atoms with E-state index in [2.05, 4.69) is 0 Å². The minimum atomic E-state index is -0.387. The Hall–Kier alpha value is -2.00. The molecule has 2 aromatic carbocycles. The average molecular weight is 242 g/mol. The summed E-state index contributed by atoms with van der Waals surface area (Å²) in [6, 6.07) is 14.8. The van der Waals surface area contributed by atoms with E-state index < -0.39 is 0 Å². The Balaban J connectivity index is 2.20. The Morgan fingerprint density at radius 2 is 1.06 bits per heavy atom. The Kier molecular flexibility index (Phi) is 3.85. The third kappa shape index (κ3) is 2.63. The monoisotopic (exact) mass is 242 g/mol. The van der Waals surface area contributed by atoms with E-state index in [0.29, 0.717) is 0 Å². The first-order valence-corrected chi connectivity index (χ1v) is 5.73. The largest absolute Gasteiger partial charge is 0.497 e. The van der Waals surface area contributed by atoms with Gasteiger partial charge in [0.25, 0.3) is 0 Å². The second-order valence-electron chi connectivity index (χ2n) is 3.98. The second kappa shape index (κ2) is 5.56. The van der Waals surface area contributed by atoms with Gasteiger partial charge in [-0.3, -0.25) is 0 Å². The zero-order chi connectivity index (χ0) is 13.0. The van der Waals surface area contributed by atoms with E-state index in [1.165, 1.54) is 0 Å². The fourth-order valence-electron chi connectivity index (χ4n) is 1.79. The Morgan fingerprint density at radius 3 is 1.33 bits per heavy atom. The number of hydrogen-bond acceptors (Lipinski definition) is 2. The predicted octanol–water partition coefficient (Wildman–Crippen LogP) is 3.08. The summed E-state index contributed by atoms with van der Waals surface area (Å²) in [5.74, 6) is 1.61. The molecule has 0 saturated carbocycles. The SMILES string of the molecule is COc1ccc(C([NH])c2ccc(OC)cc2)cc1. The molecule has 0 saturated heterocycles. The molecular formula is C15H16NO2. The van der Waals surface area contributed by atoms with Crippen molar-refractivity contribution in [2.45, 2.75) is 6.04 Å². The molecule has 0 fully saturated rings. The van der Waals surface area contributed by atoms with Gasteiger partial charge in [-0.1, -0.05) is 24.3 Å². The van der Waals surface area contributed by atoms with E-state index >= 15 is 0 Å². The molecule has 2 rings (SSSR count). The molecule has 0 unspecified atom stereocenters. The predicted molar refractivity (Wildman–Crippen MR) is 70.9 cm³/mol. The zero-order valence-electron chi connectivity index (χ0n) is 10.5. The van der Waals surface area contributed by atoms with Gasteiger partial charge in [-0.05, 0) is 35.4 Å². The molecule has 0 aromatic heterocycles. The van der Waals surface area contributed by atoms with Gasteiger partial charge >= 0.3 is 0 Å². The quantitative estimate of drug-likeness (QED) is 0.826. The molecule has 18 heavy (non-hydrogen) atoms. The van der Waals surface area contributed by atoms with Gasteiger partial charge in [-0.2, -0.15) is 0 Å². The van der Waals surface area contributed by atoms with E-state index in [9.17, 15) is 0 Å². The van der Waals surface area contributed by atoms with Crippen molar-refractivity contribution < 1.29 is 9.47 Å². The van der Waals surface area contributed by atoms with Crippen LogP contribution >= 0.6 is 0 Å². The first-order valence-electron chi connectivity index (χ1n) is 5.73. The van der Waals surface area contributed by atoms with Crippen LogP contribution < -0.4 is 15.2 Å². The summed E-state index contributed by atoms with van der Waals surface area (Å²) >= 11 is 0. The van der Waals surface area contributed by atoms with Crippen LogP contribution in [0.3, 0.4) is 0 Å². The van der Waals surface area contributed by atoms with Crippen LogP contribution in [-0.2, 0) is 0 Å². The van der Waals surface area contributed by atoms with Crippen LogP contribution in [0.25, 0.3) is 0 Å². The highest BCUT2D eigenvalue weighted by atomic mass is 16.5. The number of nitrogens with one attached hydrogen (secondary N) is 1. The highest BCUT2D eigenvalue weighted by Crippen LogP contribution is 2.24. The van der Waals surface area contributed by atoms with E-state index in [0.717, 1.165) is 22.6 Å². The fourth-order valence-corrected chi connectivity index (χ4v) is 1.79. The maximum Gasteiger partial charge on any atom is 0.118 e. The molecule has 1 N–H and O–H groups in total. The number of rotatable bonds is 4. The van der Waals surface area contributed by atoms with Crippen LogP contribution in [0.1, 0.15) is 17.2 Å². The molecule has 0 aliphatic heterocycles. The molecule has 93 valence electrons. The maximum absolute atomic E-state index is 8.23. The van der Waals surface area contributed by atoms with Crippen LogP contribution in [0, 0.1) is 0 Å². The van der Waals surface area contributed by atoms with Crippen molar-refractivity contribution in [3.63, 3.8) is 0 Å². The second-order valence-corrected chi connectivity index (χ2v) is 3.98. The normalized spacial score (nSPS) is 10.4. The van der Waals surface area contributed by atoms with E-state index in [1.54, 1.807) is 14.2 Å². The molecule has 3 nitrogen and oxygen atoms in total. The van der Waals surface area contributed by atoms with Crippen molar-refractivity contribution in [2.24, 2.45) is 0 Å². The molecular weight excluding hydrogens is 226 g/mol. The lowest BCUT2D eigenvalue weighted by Crippen LogP contribution is -2.01. The van der Waals surface area contributed by atoms with Gasteiger partial charge in [-0.15, -0.1) is 0 Å². The van der Waals surface area contributed by atoms with Crippen molar-refractivity contribution in [1.29, 1.82) is 0 Å². The Bertz CT molecular complexity index is 443. The van der Waals surface area contributed by atoms with E-state index in [4.69, 9.17) is 15.2 Å². The van der Waals surface area contributed by atoms with Gasteiger partial charge in [0.2, 0.25) is 0 Å². The van der Waals surface area contributed by atoms with Gasteiger partial charge in [0.15, 0.2) is 0 Å². The van der Waals surface area contributed by atoms with Gasteiger partial charge in [0, 0.05) is 0 Å². The molecule has 0 aliphatic carbocycles. The minimum absolute atomic E-state index is 0.387. The molecule has 2 aromatic rings. The van der Waals surface area contributed by atoms with Crippen LogP contribution in [0.2, 0.25) is 0 Å². The van der Waals surface area contributed by atoms with Crippen molar-refractivity contribution >= 4 is 0 Å². The first-order chi connectivity index (χ1) is 8.74. The van der Waals surface area contributed by atoms with Crippen LogP contribution in [-0.4, -0.2) is 14.2 Å². The minimum Gasteiger partial charge on any atom is -0.497 e. The summed E-state index contributed by atoms with van der Waals surface area (Å²) in [4.78, 5) is 0. The molecule has 1 radical (unpaired) electrons. The van der Waals surface area contributed by atoms with E-state index in [-0.39, 0.29) is 6.04 Å². The first kappa shape index (κ1) is 12.5. The smallest absolute Gasteiger partial charge is 0.118 e. The number of benzene rings is 2. The van der Waals surface area contributed by atoms with Crippen LogP contribution in [0.4, 0.5) is 0 Å². The summed E-state index contributed by atoms with van der Waals surface area (Å²) in [5.41, 5.74) is 10.1. The van der Waals surface area contributed by atoms with Crippen molar-refractivity contribution in [3.05, 3.63) is 59.7 Å². The standard InChI is InChI=1S/C15H16NO2/c1-17-13-7-3-11(4-8-13)15(16)12-5-9-14(18-2)10-6-12/h3-10,15-16H,1-2H3. The molecule has 3 heteroatoms. The molecule has 0 atom stereocenters. The van der Waals surface area contributed by atoms with Crippen molar-refractivity contribution in [1.82, 2.24) is 5.73 Å². The van der Waals surface area contributed by atoms with Crippen molar-refractivity contribution in [3.8, 4) is 11.5 Å². The number of ether oxygens (including phenoxy) is 2. The third-order valence-electron chi connectivity index (χ3n) is 2.90. The summed E-state index contributed by atoms with van der Waals surface area (Å²) in [6.45, 7) is 0. The molecule has 0 spiro atoms. The highest BCUT2D eigenvalue weighted by Gasteiger charge is 2.09. The lowest BCUT2D eigenvalue weighted by molar-refractivity contribution is 0.414. The zero-order valence-corrected chi connectivity index (χ0v) is 10.5. The molecule has 0 amide bonds. The van der Waals surface area contributed by atoms with Crippen LogP contribution in [0.15, 0.2) is 48.5 Å². The van der Waals surface area contributed by atoms with Gasteiger partial charge < -0.3 is 9.47 Å². The molecule has 0 heterocycles. The fraction of sp³-hybridized carbons (Fsp3) is 0.200. The van der Waals surface area contributed by atoms with Crippen molar-refractivity contribution in [2.75, 3.05) is 14.2 Å². The Labute approximate surface area is 107 Å². The lowest BCUT2D eigenvalue weighted by atomic mass is 9.99. The Morgan fingerprint density at radius 1 is 0.722 bits per heavy atom. The summed E-state index contributed by atoms with van der Waals surface area (Å²) in [6.07, 6.45) is 0. The topological polar surface area (TPSA) is 42.3 Å². The lowest BCUT2D eigenvalue weighted by Gasteiger charge is -2.12. The van der Waals surface area contributed by atoms with Gasteiger partial charge in [-0.25, -0.2) is 5.73 Å². The summed E-state index contributed by atoms with van der Waals surface area (Å²) in [7, 11) is 3.27. The van der Waals surface area contributed by atoms with Gasteiger partial charge in [0.05, 0.1) is 20.3 Å². The average Bonchev–Trinajstić information content (AvgIpc) is 2.47. The number of hydrogen-bond donors (Lipinski definition) is 0. The molecule has 0 aliphatic rings. The van der Waals surface area contributed by atoms with Gasteiger partial charge in [0.1, 0.15) is 11.5 Å². The summed E-state index contributed by atoms with van der Waals surface area (Å²) in [5, 5.41) is 0. The maximum atomic E-state index is 8.23. The summed E-state index contributed by atoms with van der Waals surface area (Å²) < 4.78 is 10.2. The third-order valence-corrected chi connectivity index (χ3v) is 2.90. The molecule has 0 bridgehead atoms. The van der Waals surface area contributed by atoms with E-state index in [1.807, 2.05) is 48.5 Å². The number of methoxy groups -OCH3 is 2. The highest BCUT2D eigenvalue weighted by molar-refractivity contribution is 5.37. The van der Waals surface area contributed by atoms with Crippen LogP contribution in [0.5, 0.6) is 11.5 Å².